The van der Waals surface area contributed by atoms with E-state index in [1.807, 2.05) is 20.8 Å². The van der Waals surface area contributed by atoms with Gasteiger partial charge in [-0.25, -0.2) is 4.98 Å². The zero-order valence-corrected chi connectivity index (χ0v) is 16.4. The Kier molecular flexibility index (Phi) is 5.46. The first kappa shape index (κ1) is 20.6. The quantitative estimate of drug-likeness (QED) is 0.672. The van der Waals surface area contributed by atoms with E-state index in [0.29, 0.717) is 11.5 Å². The summed E-state index contributed by atoms with van der Waals surface area (Å²) < 4.78 is 43.4. The predicted octanol–water partition coefficient (Wildman–Crippen LogP) is 4.92. The van der Waals surface area contributed by atoms with Crippen molar-refractivity contribution >= 4 is 5.91 Å². The average Bonchev–Trinajstić information content (AvgIpc) is 3.06. The molecule has 5 nitrogen and oxygen atoms in total. The van der Waals surface area contributed by atoms with Crippen LogP contribution in [0.4, 0.5) is 13.2 Å². The van der Waals surface area contributed by atoms with E-state index in [0.717, 1.165) is 34.4 Å². The van der Waals surface area contributed by atoms with Crippen molar-refractivity contribution in [3.63, 3.8) is 0 Å². The number of carbonyl (C=O) groups is 1. The van der Waals surface area contributed by atoms with E-state index in [-0.39, 0.29) is 17.8 Å². The minimum absolute atomic E-state index is 0.00138. The van der Waals surface area contributed by atoms with Crippen LogP contribution in [0.15, 0.2) is 34.9 Å². The van der Waals surface area contributed by atoms with Gasteiger partial charge in [-0.05, 0) is 51.0 Å². The number of nitrogens with one attached hydrogen (secondary N) is 1. The molecule has 2 heterocycles. The molecule has 0 saturated carbocycles. The maximum atomic E-state index is 12.7. The number of aromatic nitrogens is 2. The minimum atomic E-state index is -4.55. The molecule has 0 aliphatic heterocycles. The number of hydrogen-bond donors (Lipinski definition) is 1. The largest absolute Gasteiger partial charge is 0.433 e. The average molecular weight is 403 g/mol. The number of hydrogen-bond acceptors (Lipinski definition) is 4. The molecule has 152 valence electrons. The molecule has 3 rings (SSSR count). The highest BCUT2D eigenvalue weighted by Gasteiger charge is 2.33. The van der Waals surface area contributed by atoms with E-state index in [9.17, 15) is 18.0 Å². The van der Waals surface area contributed by atoms with Crippen molar-refractivity contribution in [3.8, 4) is 11.3 Å². The molecule has 0 unspecified atom stereocenters. The number of benzene rings is 1. The second-order valence-corrected chi connectivity index (χ2v) is 6.96. The number of alkyl halides is 3. The summed E-state index contributed by atoms with van der Waals surface area (Å²) in [5, 5.41) is 6.70. The van der Waals surface area contributed by atoms with E-state index in [4.69, 9.17) is 4.52 Å². The summed E-state index contributed by atoms with van der Waals surface area (Å²) in [4.78, 5) is 15.8. The van der Waals surface area contributed by atoms with Crippen LogP contribution in [0.2, 0.25) is 0 Å². The Morgan fingerprint density at radius 1 is 1.07 bits per heavy atom. The number of amides is 1. The molecular formula is C21H20F3N3O2. The Labute approximate surface area is 165 Å². The molecule has 0 bridgehead atoms. The predicted molar refractivity (Wildman–Crippen MR) is 101 cm³/mol. The normalized spacial score (nSPS) is 11.6. The van der Waals surface area contributed by atoms with Gasteiger partial charge >= 0.3 is 6.18 Å². The lowest BCUT2D eigenvalue weighted by molar-refractivity contribution is -0.141. The molecule has 29 heavy (non-hydrogen) atoms. The van der Waals surface area contributed by atoms with Crippen molar-refractivity contribution in [1.29, 1.82) is 0 Å². The number of nitrogens with zero attached hydrogens (tertiary/aromatic N) is 2. The third-order valence-corrected chi connectivity index (χ3v) is 4.54. The van der Waals surface area contributed by atoms with Gasteiger partial charge in [0.2, 0.25) is 0 Å². The van der Waals surface area contributed by atoms with Gasteiger partial charge in [-0.15, -0.1) is 0 Å². The molecule has 1 N–H and O–H groups in total. The fourth-order valence-corrected chi connectivity index (χ4v) is 3.32. The van der Waals surface area contributed by atoms with Crippen molar-refractivity contribution in [2.75, 3.05) is 0 Å². The lowest BCUT2D eigenvalue weighted by atomic mass is 9.97. The van der Waals surface area contributed by atoms with Crippen molar-refractivity contribution in [1.82, 2.24) is 15.5 Å². The Hall–Kier alpha value is -3.16. The Balaban J connectivity index is 1.73. The second-order valence-electron chi connectivity index (χ2n) is 6.96. The van der Waals surface area contributed by atoms with Crippen LogP contribution < -0.4 is 5.32 Å². The molecule has 0 spiro atoms. The van der Waals surface area contributed by atoms with Crippen LogP contribution in [0.3, 0.4) is 0 Å². The molecule has 0 aliphatic rings. The fourth-order valence-electron chi connectivity index (χ4n) is 3.32. The first-order chi connectivity index (χ1) is 13.6. The summed E-state index contributed by atoms with van der Waals surface area (Å²) >= 11 is 0. The number of halogens is 3. The molecule has 1 amide bonds. The topological polar surface area (TPSA) is 68.0 Å². The third kappa shape index (κ3) is 4.47. The molecule has 0 aliphatic carbocycles. The first-order valence-electron chi connectivity index (χ1n) is 8.93. The highest BCUT2D eigenvalue weighted by molar-refractivity contribution is 5.95. The SMILES string of the molecule is Cc1cc(C)c(-c2cc(CNC(=O)c3ccc(C(F)(F)F)nc3C)on2)c(C)c1. The van der Waals surface area contributed by atoms with Crippen molar-refractivity contribution in [2.24, 2.45) is 0 Å². The van der Waals surface area contributed by atoms with Gasteiger partial charge in [-0.3, -0.25) is 4.79 Å². The second kappa shape index (κ2) is 7.69. The number of aryl methyl sites for hydroxylation is 4. The summed E-state index contributed by atoms with van der Waals surface area (Å²) in [5.74, 6) is -0.102. The van der Waals surface area contributed by atoms with Crippen LogP contribution >= 0.6 is 0 Å². The molecule has 8 heteroatoms. The summed E-state index contributed by atoms with van der Waals surface area (Å²) in [6, 6.07) is 7.75. The van der Waals surface area contributed by atoms with Crippen LogP contribution in [-0.2, 0) is 12.7 Å². The van der Waals surface area contributed by atoms with E-state index in [1.165, 1.54) is 6.92 Å². The van der Waals surface area contributed by atoms with E-state index in [2.05, 4.69) is 27.6 Å². The van der Waals surface area contributed by atoms with Gasteiger partial charge < -0.3 is 9.84 Å². The van der Waals surface area contributed by atoms with E-state index >= 15 is 0 Å². The van der Waals surface area contributed by atoms with Crippen LogP contribution in [0.25, 0.3) is 11.3 Å². The molecule has 2 aromatic heterocycles. The van der Waals surface area contributed by atoms with Gasteiger partial charge in [0.1, 0.15) is 11.4 Å². The van der Waals surface area contributed by atoms with Crippen molar-refractivity contribution < 1.29 is 22.5 Å². The number of rotatable bonds is 4. The van der Waals surface area contributed by atoms with Gasteiger partial charge in [-0.2, -0.15) is 13.2 Å². The first-order valence-corrected chi connectivity index (χ1v) is 8.93. The van der Waals surface area contributed by atoms with E-state index in [1.54, 1.807) is 6.07 Å². The highest BCUT2D eigenvalue weighted by atomic mass is 19.4. The summed E-state index contributed by atoms with van der Waals surface area (Å²) in [6.07, 6.45) is -4.55. The molecule has 1 aromatic carbocycles. The summed E-state index contributed by atoms with van der Waals surface area (Å²) in [7, 11) is 0. The lowest BCUT2D eigenvalue weighted by Gasteiger charge is -2.10. The van der Waals surface area contributed by atoms with Crippen molar-refractivity contribution in [3.05, 3.63) is 69.7 Å². The van der Waals surface area contributed by atoms with Crippen LogP contribution in [0.5, 0.6) is 0 Å². The monoisotopic (exact) mass is 403 g/mol. The van der Waals surface area contributed by atoms with Gasteiger partial charge in [0.05, 0.1) is 17.8 Å². The van der Waals surface area contributed by atoms with E-state index < -0.39 is 17.8 Å². The Morgan fingerprint density at radius 3 is 2.31 bits per heavy atom. The molecule has 0 radical (unpaired) electrons. The maximum absolute atomic E-state index is 12.7. The minimum Gasteiger partial charge on any atom is -0.359 e. The Bertz CT molecular complexity index is 1050. The molecule has 0 fully saturated rings. The third-order valence-electron chi connectivity index (χ3n) is 4.54. The van der Waals surface area contributed by atoms with Gasteiger partial charge in [0.15, 0.2) is 5.76 Å². The Morgan fingerprint density at radius 2 is 1.72 bits per heavy atom. The fraction of sp³-hybridized carbons (Fsp3) is 0.286. The zero-order valence-electron chi connectivity index (χ0n) is 16.4. The number of carbonyl (C=O) groups excluding carboxylic acids is 1. The van der Waals surface area contributed by atoms with Gasteiger partial charge in [-0.1, -0.05) is 22.9 Å². The summed E-state index contributed by atoms with van der Waals surface area (Å²) in [6.45, 7) is 7.42. The van der Waals surface area contributed by atoms with Crippen molar-refractivity contribution in [2.45, 2.75) is 40.4 Å². The highest BCUT2D eigenvalue weighted by Crippen LogP contribution is 2.29. The van der Waals surface area contributed by atoms with Gasteiger partial charge in [0, 0.05) is 11.6 Å². The van der Waals surface area contributed by atoms with Gasteiger partial charge in [0.25, 0.3) is 5.91 Å². The molecular weight excluding hydrogens is 383 g/mol. The molecule has 0 saturated heterocycles. The smallest absolute Gasteiger partial charge is 0.359 e. The lowest BCUT2D eigenvalue weighted by Crippen LogP contribution is -2.24. The van der Waals surface area contributed by atoms with Crippen LogP contribution in [0.1, 0.15) is 44.2 Å². The summed E-state index contributed by atoms with van der Waals surface area (Å²) in [5.41, 5.74) is 3.96. The standard InChI is InChI=1S/C21H20F3N3O2/c1-11-7-12(2)19(13(3)8-11)17-9-15(29-27-17)10-25-20(28)16-5-6-18(21(22,23)24)26-14(16)4/h5-9H,10H2,1-4H3,(H,25,28). The zero-order chi connectivity index (χ0) is 21.3. The number of pyridine rings is 1. The molecule has 3 aromatic rings. The van der Waals surface area contributed by atoms with Crippen LogP contribution in [-0.4, -0.2) is 16.0 Å². The van der Waals surface area contributed by atoms with Crippen LogP contribution in [0, 0.1) is 27.7 Å². The maximum Gasteiger partial charge on any atom is 0.433 e. The molecule has 0 atom stereocenters.